The molecule has 5 nitrogen and oxygen atoms in total. The van der Waals surface area contributed by atoms with E-state index in [9.17, 15) is 4.79 Å². The number of likely N-dealkylation sites (tertiary alicyclic amines) is 1. The summed E-state index contributed by atoms with van der Waals surface area (Å²) in [6, 6.07) is 9.67. The summed E-state index contributed by atoms with van der Waals surface area (Å²) >= 11 is 0. The van der Waals surface area contributed by atoms with Gasteiger partial charge < -0.3 is 15.2 Å². The lowest BCUT2D eigenvalue weighted by Gasteiger charge is -2.15. The van der Waals surface area contributed by atoms with Crippen LogP contribution in [0.5, 0.6) is 0 Å². The zero-order valence-corrected chi connectivity index (χ0v) is 12.6. The van der Waals surface area contributed by atoms with Gasteiger partial charge in [-0.3, -0.25) is 4.79 Å². The molecule has 0 saturated carbocycles. The van der Waals surface area contributed by atoms with E-state index in [1.54, 1.807) is 11.8 Å². The molecule has 1 amide bonds. The van der Waals surface area contributed by atoms with Crippen molar-refractivity contribution in [2.24, 2.45) is 5.73 Å². The van der Waals surface area contributed by atoms with Crippen LogP contribution in [0.15, 0.2) is 34.9 Å². The zero-order chi connectivity index (χ0) is 14.1. The second-order valence-electron chi connectivity index (χ2n) is 5.13. The monoisotopic (exact) mass is 307 g/mol. The first kappa shape index (κ1) is 15.5. The van der Waals surface area contributed by atoms with E-state index in [4.69, 9.17) is 10.3 Å². The molecule has 0 aliphatic carbocycles. The maximum Gasteiger partial charge on any atom is 0.259 e. The fourth-order valence-corrected chi connectivity index (χ4v) is 2.55. The van der Waals surface area contributed by atoms with Crippen LogP contribution in [-0.4, -0.2) is 35.1 Å². The largest absolute Gasteiger partial charge is 0.360 e. The van der Waals surface area contributed by atoms with Crippen LogP contribution >= 0.6 is 12.4 Å². The molecule has 1 saturated heterocycles. The Bertz CT molecular complexity index is 627. The Hall–Kier alpha value is -1.85. The SMILES string of the molecule is Cc1onc(-c2ccccc2)c1C(=O)N1CC[C@@H](N)C1.Cl. The third kappa shape index (κ3) is 2.94. The number of halogens is 1. The fraction of sp³-hybridized carbons (Fsp3) is 0.333. The van der Waals surface area contributed by atoms with Crippen LogP contribution in [0.25, 0.3) is 11.3 Å². The maximum atomic E-state index is 12.6. The molecular weight excluding hydrogens is 290 g/mol. The molecule has 1 fully saturated rings. The van der Waals surface area contributed by atoms with Crippen LogP contribution in [0.3, 0.4) is 0 Å². The van der Waals surface area contributed by atoms with Gasteiger partial charge in [0, 0.05) is 24.7 Å². The van der Waals surface area contributed by atoms with Crippen LogP contribution in [-0.2, 0) is 0 Å². The van der Waals surface area contributed by atoms with Gasteiger partial charge in [-0.1, -0.05) is 35.5 Å². The van der Waals surface area contributed by atoms with Crippen molar-refractivity contribution in [3.8, 4) is 11.3 Å². The molecule has 0 bridgehead atoms. The normalized spacial score (nSPS) is 17.6. The van der Waals surface area contributed by atoms with Gasteiger partial charge in [-0.15, -0.1) is 12.4 Å². The Labute approximate surface area is 129 Å². The molecule has 2 N–H and O–H groups in total. The lowest BCUT2D eigenvalue weighted by atomic mass is 10.1. The molecule has 2 aromatic rings. The van der Waals surface area contributed by atoms with Crippen LogP contribution in [0.1, 0.15) is 22.5 Å². The van der Waals surface area contributed by atoms with Crippen molar-refractivity contribution >= 4 is 18.3 Å². The molecule has 0 spiro atoms. The quantitative estimate of drug-likeness (QED) is 0.923. The summed E-state index contributed by atoms with van der Waals surface area (Å²) in [6.07, 6.45) is 0.844. The van der Waals surface area contributed by atoms with Gasteiger partial charge in [0.25, 0.3) is 5.91 Å². The number of carbonyl (C=O) groups excluding carboxylic acids is 1. The van der Waals surface area contributed by atoms with E-state index in [1.807, 2.05) is 30.3 Å². The van der Waals surface area contributed by atoms with Crippen LogP contribution < -0.4 is 5.73 Å². The van der Waals surface area contributed by atoms with Crippen molar-refractivity contribution < 1.29 is 9.32 Å². The first-order valence-electron chi connectivity index (χ1n) is 6.73. The van der Waals surface area contributed by atoms with E-state index in [0.29, 0.717) is 30.1 Å². The first-order valence-corrected chi connectivity index (χ1v) is 6.73. The molecule has 2 heterocycles. The number of aromatic nitrogens is 1. The summed E-state index contributed by atoms with van der Waals surface area (Å²) in [4.78, 5) is 14.4. The number of benzene rings is 1. The van der Waals surface area contributed by atoms with Gasteiger partial charge in [-0.25, -0.2) is 0 Å². The van der Waals surface area contributed by atoms with Gasteiger partial charge in [0.05, 0.1) is 0 Å². The van der Waals surface area contributed by atoms with Crippen molar-refractivity contribution in [2.45, 2.75) is 19.4 Å². The highest BCUT2D eigenvalue weighted by Gasteiger charge is 2.30. The summed E-state index contributed by atoms with van der Waals surface area (Å²) in [5, 5.41) is 4.04. The Morgan fingerprint density at radius 2 is 2.10 bits per heavy atom. The minimum Gasteiger partial charge on any atom is -0.360 e. The third-order valence-electron chi connectivity index (χ3n) is 3.64. The molecule has 21 heavy (non-hydrogen) atoms. The molecule has 0 unspecified atom stereocenters. The summed E-state index contributed by atoms with van der Waals surface area (Å²) < 4.78 is 5.23. The summed E-state index contributed by atoms with van der Waals surface area (Å²) in [6.45, 7) is 3.05. The molecule has 3 rings (SSSR count). The Kier molecular flexibility index (Phi) is 4.65. The van der Waals surface area contributed by atoms with Crippen molar-refractivity contribution in [3.63, 3.8) is 0 Å². The molecule has 1 aliphatic heterocycles. The molecule has 6 heteroatoms. The zero-order valence-electron chi connectivity index (χ0n) is 11.8. The van der Waals surface area contributed by atoms with E-state index in [2.05, 4.69) is 5.16 Å². The van der Waals surface area contributed by atoms with E-state index in [0.717, 1.165) is 12.0 Å². The molecule has 1 atom stereocenters. The molecule has 0 radical (unpaired) electrons. The van der Waals surface area contributed by atoms with E-state index in [-0.39, 0.29) is 24.4 Å². The van der Waals surface area contributed by atoms with E-state index < -0.39 is 0 Å². The standard InChI is InChI=1S/C15H17N3O2.ClH/c1-10-13(15(19)18-8-7-12(16)9-18)14(17-20-10)11-5-3-2-4-6-11;/h2-6,12H,7-9,16H2,1H3;1H/t12-;/m1./s1. The van der Waals surface area contributed by atoms with E-state index >= 15 is 0 Å². The van der Waals surface area contributed by atoms with Gasteiger partial charge in [0.15, 0.2) is 0 Å². The van der Waals surface area contributed by atoms with Crippen molar-refractivity contribution in [3.05, 3.63) is 41.7 Å². The Balaban J connectivity index is 0.00000161. The molecule has 1 aliphatic rings. The smallest absolute Gasteiger partial charge is 0.259 e. The third-order valence-corrected chi connectivity index (χ3v) is 3.64. The Morgan fingerprint density at radius 3 is 2.71 bits per heavy atom. The summed E-state index contributed by atoms with van der Waals surface area (Å²) in [7, 11) is 0. The van der Waals surface area contributed by atoms with Crippen LogP contribution in [0, 0.1) is 6.92 Å². The molecular formula is C15H18ClN3O2. The topological polar surface area (TPSA) is 72.4 Å². The minimum absolute atomic E-state index is 0. The Morgan fingerprint density at radius 1 is 1.38 bits per heavy atom. The van der Waals surface area contributed by atoms with Crippen molar-refractivity contribution in [2.75, 3.05) is 13.1 Å². The van der Waals surface area contributed by atoms with E-state index in [1.165, 1.54) is 0 Å². The second-order valence-corrected chi connectivity index (χ2v) is 5.13. The minimum atomic E-state index is -0.0458. The maximum absolute atomic E-state index is 12.6. The highest BCUT2D eigenvalue weighted by molar-refractivity contribution is 6.00. The summed E-state index contributed by atoms with van der Waals surface area (Å²) in [5.74, 6) is 0.505. The lowest BCUT2D eigenvalue weighted by molar-refractivity contribution is 0.0790. The fourth-order valence-electron chi connectivity index (χ4n) is 2.55. The molecule has 1 aromatic carbocycles. The number of hydrogen-bond donors (Lipinski definition) is 1. The second kappa shape index (κ2) is 6.28. The lowest BCUT2D eigenvalue weighted by Crippen LogP contribution is -2.32. The predicted molar refractivity (Wildman–Crippen MR) is 82.4 cm³/mol. The van der Waals surface area contributed by atoms with Gasteiger partial charge >= 0.3 is 0 Å². The van der Waals surface area contributed by atoms with Gasteiger partial charge in [-0.05, 0) is 13.3 Å². The highest BCUT2D eigenvalue weighted by Crippen LogP contribution is 2.27. The highest BCUT2D eigenvalue weighted by atomic mass is 35.5. The van der Waals surface area contributed by atoms with Crippen molar-refractivity contribution in [1.29, 1.82) is 0 Å². The summed E-state index contributed by atoms with van der Waals surface area (Å²) in [5.41, 5.74) is 7.91. The van der Waals surface area contributed by atoms with Crippen LogP contribution in [0.2, 0.25) is 0 Å². The first-order chi connectivity index (χ1) is 9.66. The van der Waals surface area contributed by atoms with Crippen molar-refractivity contribution in [1.82, 2.24) is 10.1 Å². The average molecular weight is 308 g/mol. The van der Waals surface area contributed by atoms with Gasteiger partial charge in [0.2, 0.25) is 0 Å². The number of hydrogen-bond acceptors (Lipinski definition) is 4. The number of rotatable bonds is 2. The molecule has 112 valence electrons. The number of carbonyl (C=O) groups is 1. The number of amides is 1. The predicted octanol–water partition coefficient (Wildman–Crippen LogP) is 2.25. The van der Waals surface area contributed by atoms with Gasteiger partial charge in [0.1, 0.15) is 17.0 Å². The molecule has 1 aromatic heterocycles. The number of nitrogens with zero attached hydrogens (tertiary/aromatic N) is 2. The number of aryl methyl sites for hydroxylation is 1. The van der Waals surface area contributed by atoms with Gasteiger partial charge in [-0.2, -0.15) is 0 Å². The average Bonchev–Trinajstić information content (AvgIpc) is 3.05. The number of nitrogens with two attached hydrogens (primary N) is 1. The van der Waals surface area contributed by atoms with Crippen LogP contribution in [0.4, 0.5) is 0 Å².